The minimum Gasteiger partial charge on any atom is -0.372 e. The fraction of sp³-hybridized carbons (Fsp3) is 0.909. The van der Waals surface area contributed by atoms with Gasteiger partial charge in [-0.25, -0.2) is 5.84 Å². The van der Waals surface area contributed by atoms with Crippen LogP contribution in [0.15, 0.2) is 0 Å². The molecule has 0 spiro atoms. The Kier molecular flexibility index (Phi) is 3.78. The van der Waals surface area contributed by atoms with Crippen molar-refractivity contribution in [2.75, 3.05) is 13.1 Å². The second kappa shape index (κ2) is 5.12. The Morgan fingerprint density at radius 2 is 2.12 bits per heavy atom. The van der Waals surface area contributed by atoms with Crippen molar-refractivity contribution in [1.82, 2.24) is 10.3 Å². The fourth-order valence-corrected chi connectivity index (χ4v) is 2.75. The van der Waals surface area contributed by atoms with Gasteiger partial charge in [-0.2, -0.15) is 0 Å². The normalized spacial score (nSPS) is 31.4. The second-order valence-electron chi connectivity index (χ2n) is 4.72. The van der Waals surface area contributed by atoms with E-state index < -0.39 is 0 Å². The molecule has 0 radical (unpaired) electrons. The van der Waals surface area contributed by atoms with E-state index in [-0.39, 0.29) is 11.9 Å². The third kappa shape index (κ3) is 2.36. The summed E-state index contributed by atoms with van der Waals surface area (Å²) in [6, 6.07) is -0.0815. The zero-order valence-electron chi connectivity index (χ0n) is 9.82. The molecule has 3 atom stereocenters. The Hall–Kier alpha value is -0.650. The quantitative estimate of drug-likeness (QED) is 0.403. The third-order valence-corrected chi connectivity index (χ3v) is 3.52. The summed E-state index contributed by atoms with van der Waals surface area (Å²) in [4.78, 5) is 13.9. The Labute approximate surface area is 96.3 Å². The molecule has 0 aromatic heterocycles. The monoisotopic (exact) mass is 227 g/mol. The van der Waals surface area contributed by atoms with Crippen LogP contribution in [0.5, 0.6) is 0 Å². The van der Waals surface area contributed by atoms with Crippen LogP contribution in [0.25, 0.3) is 0 Å². The minimum absolute atomic E-state index is 0.0665. The standard InChI is InChI=1S/C11H21N3O2/c1-2-3-10(11(15)13-12)14-6-8-4-5-9(7-14)16-8/h8-10H,2-7,12H2,1H3,(H,13,15). The summed E-state index contributed by atoms with van der Waals surface area (Å²) in [6.45, 7) is 3.83. The molecule has 2 saturated heterocycles. The van der Waals surface area contributed by atoms with Gasteiger partial charge in [-0.05, 0) is 19.3 Å². The summed E-state index contributed by atoms with van der Waals surface area (Å²) < 4.78 is 5.76. The van der Waals surface area contributed by atoms with E-state index in [4.69, 9.17) is 10.6 Å². The smallest absolute Gasteiger partial charge is 0.251 e. The van der Waals surface area contributed by atoms with Gasteiger partial charge in [-0.15, -0.1) is 0 Å². The van der Waals surface area contributed by atoms with E-state index in [1.54, 1.807) is 0 Å². The first-order valence-corrected chi connectivity index (χ1v) is 6.14. The summed E-state index contributed by atoms with van der Waals surface area (Å²) in [5.41, 5.74) is 2.28. The molecule has 16 heavy (non-hydrogen) atoms. The van der Waals surface area contributed by atoms with Crippen molar-refractivity contribution in [3.63, 3.8) is 0 Å². The van der Waals surface area contributed by atoms with Gasteiger partial charge in [0.2, 0.25) is 0 Å². The van der Waals surface area contributed by atoms with Gasteiger partial charge in [0.05, 0.1) is 18.2 Å². The average molecular weight is 227 g/mol. The number of fused-ring (bicyclic) bond motifs is 2. The van der Waals surface area contributed by atoms with E-state index in [1.165, 1.54) is 0 Å². The maximum absolute atomic E-state index is 11.7. The summed E-state index contributed by atoms with van der Waals surface area (Å²) in [5.74, 6) is 5.17. The number of nitrogens with zero attached hydrogens (tertiary/aromatic N) is 1. The van der Waals surface area contributed by atoms with E-state index in [0.29, 0.717) is 12.2 Å². The van der Waals surface area contributed by atoms with Crippen molar-refractivity contribution in [2.45, 2.75) is 50.9 Å². The number of nitrogens with one attached hydrogen (secondary N) is 1. The number of hydrogen-bond acceptors (Lipinski definition) is 4. The number of nitrogens with two attached hydrogens (primary N) is 1. The molecule has 2 fully saturated rings. The highest BCUT2D eigenvalue weighted by Crippen LogP contribution is 2.28. The average Bonchev–Trinajstić information content (AvgIpc) is 2.64. The number of hydrogen-bond donors (Lipinski definition) is 2. The zero-order valence-corrected chi connectivity index (χ0v) is 9.82. The van der Waals surface area contributed by atoms with Gasteiger partial charge in [0.25, 0.3) is 5.91 Å². The second-order valence-corrected chi connectivity index (χ2v) is 4.72. The van der Waals surface area contributed by atoms with E-state index >= 15 is 0 Å². The summed E-state index contributed by atoms with van der Waals surface area (Å²) in [5, 5.41) is 0. The van der Waals surface area contributed by atoms with Crippen molar-refractivity contribution in [3.05, 3.63) is 0 Å². The van der Waals surface area contributed by atoms with Crippen molar-refractivity contribution in [3.8, 4) is 0 Å². The van der Waals surface area contributed by atoms with Gasteiger partial charge >= 0.3 is 0 Å². The molecule has 3 unspecified atom stereocenters. The predicted molar refractivity (Wildman–Crippen MR) is 60.5 cm³/mol. The van der Waals surface area contributed by atoms with Crippen LogP contribution in [0.2, 0.25) is 0 Å². The Balaban J connectivity index is 1.99. The minimum atomic E-state index is -0.0815. The van der Waals surface area contributed by atoms with Gasteiger partial charge < -0.3 is 4.74 Å². The first-order chi connectivity index (χ1) is 7.74. The first-order valence-electron chi connectivity index (χ1n) is 6.14. The molecule has 2 aliphatic rings. The van der Waals surface area contributed by atoms with E-state index in [1.807, 2.05) is 0 Å². The highest BCUT2D eigenvalue weighted by Gasteiger charge is 2.38. The number of morpholine rings is 1. The number of rotatable bonds is 4. The first kappa shape index (κ1) is 11.8. The zero-order chi connectivity index (χ0) is 11.5. The van der Waals surface area contributed by atoms with Crippen molar-refractivity contribution < 1.29 is 9.53 Å². The summed E-state index contributed by atoms with van der Waals surface area (Å²) in [6.07, 6.45) is 4.76. The molecule has 5 nitrogen and oxygen atoms in total. The Morgan fingerprint density at radius 3 is 2.62 bits per heavy atom. The number of hydrazine groups is 1. The molecule has 2 heterocycles. The van der Waals surface area contributed by atoms with Gasteiger partial charge in [-0.1, -0.05) is 13.3 Å². The highest BCUT2D eigenvalue weighted by molar-refractivity contribution is 5.81. The van der Waals surface area contributed by atoms with E-state index in [0.717, 1.165) is 38.8 Å². The number of carbonyl (C=O) groups excluding carboxylic acids is 1. The van der Waals surface area contributed by atoms with Crippen LogP contribution >= 0.6 is 0 Å². The molecule has 2 rings (SSSR count). The molecule has 92 valence electrons. The van der Waals surface area contributed by atoms with Crippen molar-refractivity contribution in [1.29, 1.82) is 0 Å². The van der Waals surface area contributed by atoms with Crippen LogP contribution in [0.1, 0.15) is 32.6 Å². The van der Waals surface area contributed by atoms with Crippen LogP contribution in [0.3, 0.4) is 0 Å². The van der Waals surface area contributed by atoms with Crippen LogP contribution in [0, 0.1) is 0 Å². The molecular formula is C11H21N3O2. The number of ether oxygens (including phenoxy) is 1. The SMILES string of the molecule is CCCC(C(=O)NN)N1CC2CCC(C1)O2. The lowest BCUT2D eigenvalue weighted by atomic mass is 10.1. The molecule has 0 aromatic rings. The molecule has 1 amide bonds. The van der Waals surface area contributed by atoms with Gasteiger partial charge in [0.1, 0.15) is 0 Å². The molecule has 0 aromatic carbocycles. The maximum Gasteiger partial charge on any atom is 0.251 e. The Bertz CT molecular complexity index is 248. The fourth-order valence-electron chi connectivity index (χ4n) is 2.75. The third-order valence-electron chi connectivity index (χ3n) is 3.52. The number of likely N-dealkylation sites (tertiary alicyclic amines) is 1. The molecule has 5 heteroatoms. The van der Waals surface area contributed by atoms with Crippen LogP contribution in [-0.4, -0.2) is 42.1 Å². The van der Waals surface area contributed by atoms with E-state index in [2.05, 4.69) is 17.2 Å². The highest BCUT2D eigenvalue weighted by atomic mass is 16.5. The van der Waals surface area contributed by atoms with Gasteiger partial charge in [0, 0.05) is 13.1 Å². The molecular weight excluding hydrogens is 206 g/mol. The van der Waals surface area contributed by atoms with E-state index in [9.17, 15) is 4.79 Å². The molecule has 0 saturated carbocycles. The molecule has 0 aliphatic carbocycles. The lowest BCUT2D eigenvalue weighted by Gasteiger charge is -2.36. The topological polar surface area (TPSA) is 67.6 Å². The summed E-state index contributed by atoms with van der Waals surface area (Å²) in [7, 11) is 0. The maximum atomic E-state index is 11.7. The van der Waals surface area contributed by atoms with Gasteiger partial charge in [-0.3, -0.25) is 15.1 Å². The van der Waals surface area contributed by atoms with Crippen molar-refractivity contribution >= 4 is 5.91 Å². The van der Waals surface area contributed by atoms with Crippen LogP contribution < -0.4 is 11.3 Å². The lowest BCUT2D eigenvalue weighted by Crippen LogP contribution is -2.54. The largest absolute Gasteiger partial charge is 0.372 e. The molecule has 2 aliphatic heterocycles. The summed E-state index contributed by atoms with van der Waals surface area (Å²) >= 11 is 0. The van der Waals surface area contributed by atoms with Crippen LogP contribution in [-0.2, 0) is 9.53 Å². The molecule has 2 bridgehead atoms. The predicted octanol–water partition coefficient (Wildman–Crippen LogP) is 0.00820. The number of amides is 1. The lowest BCUT2D eigenvalue weighted by molar-refractivity contribution is -0.131. The number of carbonyl (C=O) groups is 1. The van der Waals surface area contributed by atoms with Gasteiger partial charge in [0.15, 0.2) is 0 Å². The molecule has 3 N–H and O–H groups in total. The van der Waals surface area contributed by atoms with Crippen LogP contribution in [0.4, 0.5) is 0 Å². The Morgan fingerprint density at radius 1 is 1.50 bits per heavy atom. The van der Waals surface area contributed by atoms with Crippen molar-refractivity contribution in [2.24, 2.45) is 5.84 Å².